The summed E-state index contributed by atoms with van der Waals surface area (Å²) in [5, 5.41) is 4.41. The van der Waals surface area contributed by atoms with E-state index >= 15 is 0 Å². The molecule has 0 aliphatic carbocycles. The van der Waals surface area contributed by atoms with Crippen LogP contribution in [0.3, 0.4) is 0 Å². The zero-order valence-corrected chi connectivity index (χ0v) is 11.4. The summed E-state index contributed by atoms with van der Waals surface area (Å²) in [4.78, 5) is 16.2. The average Bonchev–Trinajstić information content (AvgIpc) is 3.15. The van der Waals surface area contributed by atoms with E-state index in [1.807, 2.05) is 37.5 Å². The number of aromatic amines is 1. The van der Waals surface area contributed by atoms with Crippen molar-refractivity contribution in [3.05, 3.63) is 49.2 Å². The fraction of sp³-hybridized carbons (Fsp3) is 0.0667. The number of hydrogen-bond acceptors (Lipinski definition) is 4. The van der Waals surface area contributed by atoms with Gasteiger partial charge in [-0.2, -0.15) is 5.10 Å². The lowest BCUT2D eigenvalue weighted by molar-refractivity contribution is 0.770. The molecule has 4 rings (SSSR count). The van der Waals surface area contributed by atoms with Gasteiger partial charge >= 0.3 is 0 Å². The lowest BCUT2D eigenvalue weighted by Gasteiger charge is -2.02. The van der Waals surface area contributed by atoms with E-state index in [1.165, 1.54) is 0 Å². The van der Waals surface area contributed by atoms with Crippen LogP contribution in [-0.2, 0) is 7.05 Å². The van der Waals surface area contributed by atoms with Crippen molar-refractivity contribution in [1.82, 2.24) is 29.7 Å². The van der Waals surface area contributed by atoms with E-state index in [9.17, 15) is 0 Å². The van der Waals surface area contributed by atoms with Crippen LogP contribution in [0.2, 0.25) is 0 Å². The first kappa shape index (κ1) is 11.8. The van der Waals surface area contributed by atoms with Crippen LogP contribution in [0.1, 0.15) is 0 Å². The van der Waals surface area contributed by atoms with Gasteiger partial charge in [-0.1, -0.05) is 6.07 Å². The van der Waals surface area contributed by atoms with E-state index < -0.39 is 0 Å². The van der Waals surface area contributed by atoms with Gasteiger partial charge in [0.25, 0.3) is 0 Å². The molecule has 6 heteroatoms. The molecule has 4 aromatic rings. The van der Waals surface area contributed by atoms with Crippen molar-refractivity contribution in [2.75, 3.05) is 0 Å². The minimum Gasteiger partial charge on any atom is -0.344 e. The minimum absolute atomic E-state index is 0.832. The Morgan fingerprint density at radius 3 is 2.67 bits per heavy atom. The second-order valence-corrected chi connectivity index (χ2v) is 4.76. The van der Waals surface area contributed by atoms with E-state index in [0.29, 0.717) is 0 Å². The van der Waals surface area contributed by atoms with Crippen molar-refractivity contribution in [2.45, 2.75) is 0 Å². The number of nitrogens with zero attached hydrogens (tertiary/aromatic N) is 5. The quantitative estimate of drug-likeness (QED) is 0.610. The summed E-state index contributed by atoms with van der Waals surface area (Å²) in [6, 6.07) is 7.92. The molecule has 102 valence electrons. The largest absolute Gasteiger partial charge is 0.344 e. The Kier molecular flexibility index (Phi) is 2.53. The Hall–Kier alpha value is -3.02. The molecule has 0 fully saturated rings. The molecule has 0 unspecified atom stereocenters. The third-order valence-corrected chi connectivity index (χ3v) is 3.35. The molecule has 1 aromatic carbocycles. The molecule has 0 aliphatic rings. The third kappa shape index (κ3) is 1.97. The maximum absolute atomic E-state index is 4.41. The second kappa shape index (κ2) is 4.52. The second-order valence-electron chi connectivity index (χ2n) is 4.76. The zero-order chi connectivity index (χ0) is 14.2. The third-order valence-electron chi connectivity index (χ3n) is 3.35. The first-order valence-corrected chi connectivity index (χ1v) is 6.56. The fourth-order valence-corrected chi connectivity index (χ4v) is 2.37. The summed E-state index contributed by atoms with van der Waals surface area (Å²) < 4.78 is 1.76. The van der Waals surface area contributed by atoms with Gasteiger partial charge in [0.15, 0.2) is 0 Å². The molecule has 1 N–H and O–H groups in total. The molecule has 21 heavy (non-hydrogen) atoms. The molecule has 0 radical (unpaired) electrons. The van der Waals surface area contributed by atoms with Crippen molar-refractivity contribution in [1.29, 1.82) is 0 Å². The molecule has 0 aliphatic heterocycles. The smallest absolute Gasteiger partial charge is 0.116 e. The van der Waals surface area contributed by atoms with Crippen molar-refractivity contribution in [2.24, 2.45) is 7.05 Å². The zero-order valence-electron chi connectivity index (χ0n) is 11.4. The normalized spacial score (nSPS) is 11.1. The predicted molar refractivity (Wildman–Crippen MR) is 79.3 cm³/mol. The number of fused-ring (bicyclic) bond motifs is 1. The molecule has 6 nitrogen and oxygen atoms in total. The topological polar surface area (TPSA) is 72.3 Å². The van der Waals surface area contributed by atoms with Crippen LogP contribution in [-0.4, -0.2) is 29.7 Å². The van der Waals surface area contributed by atoms with Gasteiger partial charge in [0.05, 0.1) is 23.1 Å². The Balaban J connectivity index is 1.87. The molecule has 3 heterocycles. The number of rotatable bonds is 2. The lowest BCUT2D eigenvalue weighted by Crippen LogP contribution is -1.90. The highest BCUT2D eigenvalue weighted by atomic mass is 15.3. The molecule has 0 amide bonds. The highest BCUT2D eigenvalue weighted by Gasteiger charge is 2.13. The maximum atomic E-state index is 4.41. The van der Waals surface area contributed by atoms with Crippen molar-refractivity contribution in [3.8, 4) is 22.6 Å². The average molecular weight is 276 g/mol. The van der Waals surface area contributed by atoms with Crippen molar-refractivity contribution >= 4 is 11.0 Å². The summed E-state index contributed by atoms with van der Waals surface area (Å²) in [6.45, 7) is 0. The number of aryl methyl sites for hydroxylation is 1. The number of imidazole rings is 1. The highest BCUT2D eigenvalue weighted by Crippen LogP contribution is 2.29. The van der Waals surface area contributed by atoms with Gasteiger partial charge < -0.3 is 4.98 Å². The molecule has 0 atom stereocenters. The van der Waals surface area contributed by atoms with Crippen LogP contribution in [0.4, 0.5) is 0 Å². The molecular formula is C15H12N6. The maximum Gasteiger partial charge on any atom is 0.116 e. The van der Waals surface area contributed by atoms with E-state index in [1.54, 1.807) is 23.4 Å². The van der Waals surface area contributed by atoms with E-state index in [4.69, 9.17) is 0 Å². The van der Waals surface area contributed by atoms with Gasteiger partial charge in [0.2, 0.25) is 0 Å². The number of nitrogens with one attached hydrogen (secondary N) is 1. The first-order chi connectivity index (χ1) is 10.3. The molecule has 0 saturated heterocycles. The van der Waals surface area contributed by atoms with E-state index in [2.05, 4.69) is 25.0 Å². The van der Waals surface area contributed by atoms with Crippen molar-refractivity contribution in [3.63, 3.8) is 0 Å². The highest BCUT2D eigenvalue weighted by molar-refractivity contribution is 5.84. The summed E-state index contributed by atoms with van der Waals surface area (Å²) in [5.74, 6) is 0. The van der Waals surface area contributed by atoms with E-state index in [-0.39, 0.29) is 0 Å². The van der Waals surface area contributed by atoms with Crippen LogP contribution in [0, 0.1) is 0 Å². The van der Waals surface area contributed by atoms with Crippen LogP contribution in [0.5, 0.6) is 0 Å². The fourth-order valence-electron chi connectivity index (χ4n) is 2.37. The Morgan fingerprint density at radius 2 is 1.86 bits per heavy atom. The van der Waals surface area contributed by atoms with Gasteiger partial charge in [0.1, 0.15) is 11.4 Å². The molecule has 3 aromatic heterocycles. The van der Waals surface area contributed by atoms with Crippen LogP contribution in [0.25, 0.3) is 33.7 Å². The van der Waals surface area contributed by atoms with Crippen LogP contribution < -0.4 is 0 Å². The van der Waals surface area contributed by atoms with Gasteiger partial charge in [-0.05, 0) is 18.2 Å². The Morgan fingerprint density at radius 1 is 1.00 bits per heavy atom. The van der Waals surface area contributed by atoms with E-state index in [0.717, 1.165) is 33.7 Å². The number of aromatic nitrogens is 6. The summed E-state index contributed by atoms with van der Waals surface area (Å²) in [7, 11) is 1.89. The van der Waals surface area contributed by atoms with Gasteiger partial charge in [-0.3, -0.25) is 14.6 Å². The summed E-state index contributed by atoms with van der Waals surface area (Å²) >= 11 is 0. The molecule has 0 spiro atoms. The molecular weight excluding hydrogens is 264 g/mol. The summed E-state index contributed by atoms with van der Waals surface area (Å²) in [6.07, 6.45) is 6.97. The SMILES string of the molecule is Cn1ccc(-c2nc[nH]c2-c2ccc3nccnc3c2)n1. The lowest BCUT2D eigenvalue weighted by atomic mass is 10.1. The monoisotopic (exact) mass is 276 g/mol. The van der Waals surface area contributed by atoms with Gasteiger partial charge in [0, 0.05) is 31.2 Å². The Labute approximate surface area is 120 Å². The Bertz CT molecular complexity index is 920. The van der Waals surface area contributed by atoms with Crippen LogP contribution in [0.15, 0.2) is 49.2 Å². The summed E-state index contributed by atoms with van der Waals surface area (Å²) in [5.41, 5.74) is 5.35. The standard InChI is InChI=1S/C15H12N6/c1-21-7-4-12(20-21)15-14(18-9-19-15)10-2-3-11-13(8-10)17-6-5-16-11/h2-9H,1H3,(H,18,19). The first-order valence-electron chi connectivity index (χ1n) is 6.56. The molecule has 0 saturated carbocycles. The number of benzene rings is 1. The van der Waals surface area contributed by atoms with Gasteiger partial charge in [-0.15, -0.1) is 0 Å². The minimum atomic E-state index is 0.832. The predicted octanol–water partition coefficient (Wildman–Crippen LogP) is 2.42. The van der Waals surface area contributed by atoms with Crippen LogP contribution >= 0.6 is 0 Å². The number of H-pyrrole nitrogens is 1. The molecule has 0 bridgehead atoms. The van der Waals surface area contributed by atoms with Crippen molar-refractivity contribution < 1.29 is 0 Å². The number of hydrogen-bond donors (Lipinski definition) is 1. The van der Waals surface area contributed by atoms with Gasteiger partial charge in [-0.25, -0.2) is 4.98 Å².